The minimum atomic E-state index is 0.0819. The highest BCUT2D eigenvalue weighted by Crippen LogP contribution is 2.29. The summed E-state index contributed by atoms with van der Waals surface area (Å²) in [5.74, 6) is 0. The largest absolute Gasteiger partial charge is 0.473 e. The van der Waals surface area contributed by atoms with E-state index in [1.807, 2.05) is 24.0 Å². The lowest BCUT2D eigenvalue weighted by Gasteiger charge is -2.32. The molecule has 2 aromatic heterocycles. The van der Waals surface area contributed by atoms with Crippen molar-refractivity contribution in [2.24, 2.45) is 7.05 Å². The van der Waals surface area contributed by atoms with Gasteiger partial charge in [0.1, 0.15) is 6.10 Å². The quantitative estimate of drug-likeness (QED) is 0.728. The molecular weight excluding hydrogens is 324 g/mol. The Bertz CT molecular complexity index is 844. The molecule has 1 saturated heterocycles. The number of rotatable bonds is 4. The zero-order valence-corrected chi connectivity index (χ0v) is 14.6. The van der Waals surface area contributed by atoms with Crippen LogP contribution in [0.3, 0.4) is 0 Å². The van der Waals surface area contributed by atoms with Crippen molar-refractivity contribution in [3.8, 4) is 5.19 Å². The van der Waals surface area contributed by atoms with Crippen LogP contribution in [0.15, 0.2) is 30.5 Å². The van der Waals surface area contributed by atoms with E-state index >= 15 is 0 Å². The Kier molecular flexibility index (Phi) is 4.22. The highest BCUT2D eigenvalue weighted by atomic mass is 32.1. The van der Waals surface area contributed by atoms with Crippen LogP contribution in [-0.4, -0.2) is 46.5 Å². The lowest BCUT2D eigenvalue weighted by atomic mass is 10.1. The van der Waals surface area contributed by atoms with Crippen LogP contribution in [0, 0.1) is 0 Å². The van der Waals surface area contributed by atoms with E-state index in [0.717, 1.165) is 37.5 Å². The van der Waals surface area contributed by atoms with E-state index in [-0.39, 0.29) is 6.10 Å². The summed E-state index contributed by atoms with van der Waals surface area (Å²) in [6, 6.07) is 8.46. The maximum atomic E-state index is 5.93. The maximum Gasteiger partial charge on any atom is 0.274 e. The molecule has 0 radical (unpaired) electrons. The molecule has 1 aliphatic rings. The Morgan fingerprint density at radius 1 is 1.38 bits per heavy atom. The van der Waals surface area contributed by atoms with Crippen LogP contribution in [0.1, 0.15) is 17.4 Å². The molecule has 0 N–H and O–H groups in total. The first-order chi connectivity index (χ1) is 11.7. The van der Waals surface area contributed by atoms with Crippen LogP contribution in [0.5, 0.6) is 5.19 Å². The zero-order chi connectivity index (χ0) is 16.5. The molecule has 0 saturated carbocycles. The van der Waals surface area contributed by atoms with Crippen molar-refractivity contribution >= 4 is 21.6 Å². The van der Waals surface area contributed by atoms with E-state index in [2.05, 4.69) is 33.2 Å². The normalized spacial score (nSPS) is 19.0. The lowest BCUT2D eigenvalue weighted by molar-refractivity contribution is -0.0366. The zero-order valence-electron chi connectivity index (χ0n) is 13.8. The van der Waals surface area contributed by atoms with Gasteiger partial charge in [-0.15, -0.1) is 0 Å². The smallest absolute Gasteiger partial charge is 0.274 e. The lowest BCUT2D eigenvalue weighted by Crippen LogP contribution is -2.38. The Balaban J connectivity index is 1.49. The van der Waals surface area contributed by atoms with Crippen molar-refractivity contribution < 1.29 is 9.47 Å². The first-order valence-electron chi connectivity index (χ1n) is 7.98. The van der Waals surface area contributed by atoms with Gasteiger partial charge in [0.05, 0.1) is 29.6 Å². The summed E-state index contributed by atoms with van der Waals surface area (Å²) >= 11 is 1.59. The third kappa shape index (κ3) is 3.02. The van der Waals surface area contributed by atoms with Gasteiger partial charge < -0.3 is 9.47 Å². The summed E-state index contributed by atoms with van der Waals surface area (Å²) in [7, 11) is 3.62. The van der Waals surface area contributed by atoms with Gasteiger partial charge >= 0.3 is 0 Å². The van der Waals surface area contributed by atoms with Crippen LogP contribution >= 0.6 is 11.3 Å². The number of thiazole rings is 1. The number of fused-ring (bicyclic) bond motifs is 1. The molecule has 6 nitrogen and oxygen atoms in total. The van der Waals surface area contributed by atoms with Crippen molar-refractivity contribution in [1.29, 1.82) is 0 Å². The number of benzene rings is 1. The molecule has 1 fully saturated rings. The number of nitrogens with zero attached hydrogens (tertiary/aromatic N) is 4. The Hall–Kier alpha value is -1.96. The molecule has 1 aliphatic heterocycles. The monoisotopic (exact) mass is 344 g/mol. The van der Waals surface area contributed by atoms with Gasteiger partial charge in [0, 0.05) is 32.9 Å². The van der Waals surface area contributed by atoms with Gasteiger partial charge in [0.15, 0.2) is 0 Å². The van der Waals surface area contributed by atoms with Crippen molar-refractivity contribution in [3.05, 3.63) is 41.7 Å². The average Bonchev–Trinajstić information content (AvgIpc) is 3.20. The topological polar surface area (TPSA) is 52.4 Å². The van der Waals surface area contributed by atoms with E-state index in [1.54, 1.807) is 18.4 Å². The van der Waals surface area contributed by atoms with Gasteiger partial charge in [-0.1, -0.05) is 17.4 Å². The standard InChI is InChI=1S/C17H20N4O2S/c1-20-14(5-6-18-20)15-11-21(7-8-23-15)10-12-3-4-13-16(9-12)24-17(19-13)22-2/h3-6,9,15H,7-8,10-11H2,1-2H3. The van der Waals surface area contributed by atoms with Gasteiger partial charge in [-0.05, 0) is 23.8 Å². The second-order valence-electron chi connectivity index (χ2n) is 5.96. The Morgan fingerprint density at radius 3 is 3.08 bits per heavy atom. The fourth-order valence-corrected chi connectivity index (χ4v) is 3.96. The molecule has 1 atom stereocenters. The SMILES string of the molecule is COc1nc2ccc(CN3CCOC(c4ccnn4C)C3)cc2s1. The van der Waals surface area contributed by atoms with Crippen LogP contribution in [-0.2, 0) is 18.3 Å². The predicted octanol–water partition coefficient (Wildman–Crippen LogP) is 2.61. The van der Waals surface area contributed by atoms with Crippen molar-refractivity contribution in [2.75, 3.05) is 26.8 Å². The number of hydrogen-bond donors (Lipinski definition) is 0. The van der Waals surface area contributed by atoms with Gasteiger partial charge in [0.25, 0.3) is 5.19 Å². The molecule has 7 heteroatoms. The molecule has 3 aromatic rings. The maximum absolute atomic E-state index is 5.93. The molecule has 1 unspecified atom stereocenters. The first kappa shape index (κ1) is 15.6. The fraction of sp³-hybridized carbons (Fsp3) is 0.412. The van der Waals surface area contributed by atoms with Crippen LogP contribution in [0.25, 0.3) is 10.2 Å². The van der Waals surface area contributed by atoms with Crippen molar-refractivity contribution in [1.82, 2.24) is 19.7 Å². The number of ether oxygens (including phenoxy) is 2. The third-order valence-electron chi connectivity index (χ3n) is 4.35. The van der Waals surface area contributed by atoms with Gasteiger partial charge in [-0.2, -0.15) is 5.10 Å². The van der Waals surface area contributed by atoms with Gasteiger partial charge in [0.2, 0.25) is 0 Å². The summed E-state index contributed by atoms with van der Waals surface area (Å²) in [6.45, 7) is 3.47. The number of methoxy groups -OCH3 is 1. The van der Waals surface area contributed by atoms with E-state index in [9.17, 15) is 0 Å². The summed E-state index contributed by atoms with van der Waals surface area (Å²) in [5.41, 5.74) is 3.41. The first-order valence-corrected chi connectivity index (χ1v) is 8.80. The molecular formula is C17H20N4O2S. The molecule has 24 heavy (non-hydrogen) atoms. The van der Waals surface area contributed by atoms with Crippen molar-refractivity contribution in [3.63, 3.8) is 0 Å². The van der Waals surface area contributed by atoms with E-state index in [4.69, 9.17) is 9.47 Å². The summed E-state index contributed by atoms with van der Waals surface area (Å²) in [4.78, 5) is 6.86. The summed E-state index contributed by atoms with van der Waals surface area (Å²) in [6.07, 6.45) is 1.90. The third-order valence-corrected chi connectivity index (χ3v) is 5.33. The highest BCUT2D eigenvalue weighted by molar-refractivity contribution is 7.20. The molecule has 1 aromatic carbocycles. The minimum Gasteiger partial charge on any atom is -0.473 e. The highest BCUT2D eigenvalue weighted by Gasteiger charge is 2.24. The van der Waals surface area contributed by atoms with Crippen LogP contribution < -0.4 is 4.74 Å². The van der Waals surface area contributed by atoms with Crippen molar-refractivity contribution in [2.45, 2.75) is 12.6 Å². The second-order valence-corrected chi connectivity index (χ2v) is 6.95. The fourth-order valence-electron chi connectivity index (χ4n) is 3.12. The number of aryl methyl sites for hydroxylation is 1. The molecule has 0 amide bonds. The van der Waals surface area contributed by atoms with Crippen LogP contribution in [0.2, 0.25) is 0 Å². The number of hydrogen-bond acceptors (Lipinski definition) is 6. The molecule has 0 bridgehead atoms. The summed E-state index contributed by atoms with van der Waals surface area (Å²) in [5, 5.41) is 4.96. The molecule has 126 valence electrons. The predicted molar refractivity (Wildman–Crippen MR) is 93.4 cm³/mol. The van der Waals surface area contributed by atoms with Gasteiger partial charge in [-0.3, -0.25) is 9.58 Å². The second kappa shape index (κ2) is 6.51. The van der Waals surface area contributed by atoms with E-state index < -0.39 is 0 Å². The molecule has 4 rings (SSSR count). The molecule has 0 spiro atoms. The number of morpholine rings is 1. The van der Waals surface area contributed by atoms with Gasteiger partial charge in [-0.25, -0.2) is 4.98 Å². The van der Waals surface area contributed by atoms with E-state index in [0.29, 0.717) is 5.19 Å². The Labute approximate surface area is 144 Å². The van der Waals surface area contributed by atoms with E-state index in [1.165, 1.54) is 10.3 Å². The molecule has 3 heterocycles. The average molecular weight is 344 g/mol. The molecule has 0 aliphatic carbocycles. The van der Waals surface area contributed by atoms with Crippen LogP contribution in [0.4, 0.5) is 0 Å². The minimum absolute atomic E-state index is 0.0819. The Morgan fingerprint density at radius 2 is 2.29 bits per heavy atom. The number of aromatic nitrogens is 3. The summed E-state index contributed by atoms with van der Waals surface area (Å²) < 4.78 is 14.2.